The number of allylic oxidation sites excluding steroid dienone is 4. The van der Waals surface area contributed by atoms with Crippen LogP contribution in [0.5, 0.6) is 0 Å². The number of fused-ring (bicyclic) bond motifs is 1. The second kappa shape index (κ2) is 5.22. The highest BCUT2D eigenvalue weighted by Gasteiger charge is 2.22. The molecule has 0 N–H and O–H groups in total. The Morgan fingerprint density at radius 3 is 2.67 bits per heavy atom. The summed E-state index contributed by atoms with van der Waals surface area (Å²) in [7, 11) is 0. The van der Waals surface area contributed by atoms with Gasteiger partial charge in [-0.1, -0.05) is 58.0 Å². The minimum Gasteiger partial charge on any atom is -0.456 e. The fourth-order valence-corrected chi connectivity index (χ4v) is 2.99. The van der Waals surface area contributed by atoms with Crippen LogP contribution in [0.2, 0.25) is 0 Å². The van der Waals surface area contributed by atoms with Crippen molar-refractivity contribution in [3.8, 4) is 0 Å². The molecule has 1 heterocycles. The van der Waals surface area contributed by atoms with Crippen molar-refractivity contribution in [3.05, 3.63) is 53.8 Å². The lowest BCUT2D eigenvalue weighted by Gasteiger charge is -2.25. The Bertz CT molecular complexity index is 674. The first kappa shape index (κ1) is 14.2. The van der Waals surface area contributed by atoms with Crippen molar-refractivity contribution in [1.29, 1.82) is 0 Å². The van der Waals surface area contributed by atoms with Crippen LogP contribution in [-0.4, -0.2) is 0 Å². The summed E-state index contributed by atoms with van der Waals surface area (Å²) >= 11 is 0. The van der Waals surface area contributed by atoms with Crippen molar-refractivity contribution in [1.82, 2.24) is 0 Å². The van der Waals surface area contributed by atoms with Gasteiger partial charge in [0, 0.05) is 11.0 Å². The number of hydrogen-bond donors (Lipinski definition) is 0. The van der Waals surface area contributed by atoms with Crippen molar-refractivity contribution in [3.63, 3.8) is 0 Å². The molecule has 110 valence electrons. The van der Waals surface area contributed by atoms with Gasteiger partial charge in [-0.3, -0.25) is 0 Å². The molecule has 1 atom stereocenters. The average molecular weight is 280 g/mol. The van der Waals surface area contributed by atoms with E-state index in [0.717, 1.165) is 24.2 Å². The second-order valence-corrected chi connectivity index (χ2v) is 7.41. The van der Waals surface area contributed by atoms with Gasteiger partial charge < -0.3 is 4.42 Å². The predicted molar refractivity (Wildman–Crippen MR) is 90.1 cm³/mol. The van der Waals surface area contributed by atoms with Crippen LogP contribution in [0, 0.1) is 11.3 Å². The Kier molecular flexibility index (Phi) is 3.52. The number of rotatable bonds is 2. The summed E-state index contributed by atoms with van der Waals surface area (Å²) in [4.78, 5) is 0. The first-order valence-electron chi connectivity index (χ1n) is 7.82. The summed E-state index contributed by atoms with van der Waals surface area (Å²) in [5.74, 6) is 1.59. The molecule has 21 heavy (non-hydrogen) atoms. The van der Waals surface area contributed by atoms with Gasteiger partial charge in [-0.05, 0) is 41.9 Å². The lowest BCUT2D eigenvalue weighted by atomic mass is 9.80. The van der Waals surface area contributed by atoms with E-state index in [0.29, 0.717) is 5.92 Å². The van der Waals surface area contributed by atoms with Crippen LogP contribution < -0.4 is 0 Å². The van der Waals surface area contributed by atoms with E-state index < -0.39 is 0 Å². The minimum absolute atomic E-state index is 0.289. The summed E-state index contributed by atoms with van der Waals surface area (Å²) in [6.45, 7) is 9.15. The van der Waals surface area contributed by atoms with Gasteiger partial charge in [-0.15, -0.1) is 0 Å². The normalized spacial score (nSPS) is 19.5. The molecule has 0 saturated heterocycles. The van der Waals surface area contributed by atoms with E-state index in [1.165, 1.54) is 16.5 Å². The Morgan fingerprint density at radius 1 is 1.19 bits per heavy atom. The molecule has 0 fully saturated rings. The molecule has 0 spiro atoms. The van der Waals surface area contributed by atoms with E-state index >= 15 is 0 Å². The van der Waals surface area contributed by atoms with E-state index in [4.69, 9.17) is 4.42 Å². The molecule has 1 aromatic heterocycles. The van der Waals surface area contributed by atoms with E-state index in [-0.39, 0.29) is 5.41 Å². The molecule has 0 amide bonds. The average Bonchev–Trinajstić information content (AvgIpc) is 2.83. The van der Waals surface area contributed by atoms with Gasteiger partial charge in [-0.2, -0.15) is 0 Å². The van der Waals surface area contributed by atoms with Gasteiger partial charge in [0.25, 0.3) is 0 Å². The maximum absolute atomic E-state index is 6.09. The third kappa shape index (κ3) is 3.12. The van der Waals surface area contributed by atoms with Crippen molar-refractivity contribution < 1.29 is 4.42 Å². The zero-order valence-electron chi connectivity index (χ0n) is 13.4. The van der Waals surface area contributed by atoms with Crippen LogP contribution in [0.1, 0.15) is 46.3 Å². The van der Waals surface area contributed by atoms with Gasteiger partial charge in [0.15, 0.2) is 0 Å². The Labute approximate surface area is 127 Å². The molecule has 2 aromatic rings. The lowest BCUT2D eigenvalue weighted by molar-refractivity contribution is 0.412. The molecule has 1 unspecified atom stereocenters. The highest BCUT2D eigenvalue weighted by Crippen LogP contribution is 2.39. The van der Waals surface area contributed by atoms with Gasteiger partial charge in [0.05, 0.1) is 0 Å². The molecule has 0 saturated carbocycles. The number of furan rings is 1. The standard InChI is InChI=1S/C20H24O/c1-14-9-10-16(13-20(2,3)4)17(11-14)19-12-15-7-5-6-8-18(15)21-19/h5-8,10-12,14H,9,13H2,1-4H3. The zero-order valence-corrected chi connectivity index (χ0v) is 13.4. The molecule has 1 nitrogen and oxygen atoms in total. The maximum atomic E-state index is 6.09. The van der Waals surface area contributed by atoms with Gasteiger partial charge in [-0.25, -0.2) is 0 Å². The molecule has 1 aliphatic carbocycles. The molecule has 1 aliphatic rings. The van der Waals surface area contributed by atoms with Crippen molar-refractivity contribution in [2.45, 2.75) is 40.5 Å². The molecule has 1 heteroatoms. The van der Waals surface area contributed by atoms with E-state index in [1.807, 2.05) is 12.1 Å². The Balaban J connectivity index is 2.02. The highest BCUT2D eigenvalue weighted by molar-refractivity contribution is 5.86. The van der Waals surface area contributed by atoms with E-state index in [1.54, 1.807) is 0 Å². The number of para-hydroxylation sites is 1. The molecule has 3 rings (SSSR count). The number of hydrogen-bond acceptors (Lipinski definition) is 1. The summed E-state index contributed by atoms with van der Waals surface area (Å²) in [6.07, 6.45) is 7.00. The van der Waals surface area contributed by atoms with Crippen molar-refractivity contribution >= 4 is 16.5 Å². The van der Waals surface area contributed by atoms with Crippen LogP contribution in [0.15, 0.2) is 52.5 Å². The fraction of sp³-hybridized carbons (Fsp3) is 0.400. The SMILES string of the molecule is CC1C=C(c2cc3ccccc3o2)C(CC(C)(C)C)=CC1. The topological polar surface area (TPSA) is 13.1 Å². The molecule has 0 bridgehead atoms. The molecular weight excluding hydrogens is 256 g/mol. The Hall–Kier alpha value is -1.76. The molecule has 0 aliphatic heterocycles. The van der Waals surface area contributed by atoms with Crippen LogP contribution in [0.4, 0.5) is 0 Å². The summed E-state index contributed by atoms with van der Waals surface area (Å²) in [6, 6.07) is 10.4. The zero-order chi connectivity index (χ0) is 15.0. The maximum Gasteiger partial charge on any atom is 0.135 e. The van der Waals surface area contributed by atoms with Gasteiger partial charge in [0.2, 0.25) is 0 Å². The van der Waals surface area contributed by atoms with E-state index in [9.17, 15) is 0 Å². The molecular formula is C20H24O. The van der Waals surface area contributed by atoms with Gasteiger partial charge in [0.1, 0.15) is 11.3 Å². The predicted octanol–water partition coefficient (Wildman–Crippen LogP) is 6.22. The third-order valence-corrected chi connectivity index (χ3v) is 3.94. The van der Waals surface area contributed by atoms with E-state index in [2.05, 4.69) is 58.0 Å². The highest BCUT2D eigenvalue weighted by atomic mass is 16.3. The lowest BCUT2D eigenvalue weighted by Crippen LogP contribution is -2.10. The summed E-state index contributed by atoms with van der Waals surface area (Å²) in [5.41, 5.74) is 3.98. The quantitative estimate of drug-likeness (QED) is 0.636. The van der Waals surface area contributed by atoms with Crippen LogP contribution >= 0.6 is 0 Å². The Morgan fingerprint density at radius 2 is 1.95 bits per heavy atom. The second-order valence-electron chi connectivity index (χ2n) is 7.41. The number of benzene rings is 1. The molecule has 1 aromatic carbocycles. The van der Waals surface area contributed by atoms with Gasteiger partial charge >= 0.3 is 0 Å². The first-order chi connectivity index (χ1) is 9.92. The fourth-order valence-electron chi connectivity index (χ4n) is 2.99. The largest absolute Gasteiger partial charge is 0.456 e. The first-order valence-corrected chi connectivity index (χ1v) is 7.82. The smallest absolute Gasteiger partial charge is 0.135 e. The summed E-state index contributed by atoms with van der Waals surface area (Å²) in [5, 5.41) is 1.18. The van der Waals surface area contributed by atoms with Crippen molar-refractivity contribution in [2.75, 3.05) is 0 Å². The minimum atomic E-state index is 0.289. The van der Waals surface area contributed by atoms with Crippen LogP contribution in [-0.2, 0) is 0 Å². The third-order valence-electron chi connectivity index (χ3n) is 3.94. The molecule has 0 radical (unpaired) electrons. The monoisotopic (exact) mass is 280 g/mol. The van der Waals surface area contributed by atoms with Crippen LogP contribution in [0.3, 0.4) is 0 Å². The van der Waals surface area contributed by atoms with Crippen LogP contribution in [0.25, 0.3) is 16.5 Å². The summed E-state index contributed by atoms with van der Waals surface area (Å²) < 4.78 is 6.09. The van der Waals surface area contributed by atoms with Crippen molar-refractivity contribution in [2.24, 2.45) is 11.3 Å².